The molecule has 2 aromatic carbocycles. The van der Waals surface area contributed by atoms with Gasteiger partial charge in [-0.2, -0.15) is 0 Å². The molecule has 1 fully saturated rings. The second kappa shape index (κ2) is 7.41. The number of aliphatic hydroxyl groups is 2. The molecule has 1 amide bonds. The molecule has 1 saturated heterocycles. The fourth-order valence-electron chi connectivity index (χ4n) is 3.10. The lowest BCUT2D eigenvalue weighted by Gasteiger charge is -2.24. The highest BCUT2D eigenvalue weighted by Crippen LogP contribution is 2.39. The molecular formula is C20H19NO5. The summed E-state index contributed by atoms with van der Waals surface area (Å²) in [7, 11) is 1.53. The van der Waals surface area contributed by atoms with Crippen LogP contribution in [0.15, 0.2) is 60.2 Å². The van der Waals surface area contributed by atoms with Crippen molar-refractivity contribution in [1.29, 1.82) is 0 Å². The molecule has 26 heavy (non-hydrogen) atoms. The summed E-state index contributed by atoms with van der Waals surface area (Å²) in [5.41, 5.74) is 1.11. The number of hydrogen-bond acceptors (Lipinski definition) is 5. The fraction of sp³-hybridized carbons (Fsp3) is 0.200. The molecule has 0 spiro atoms. The Kier molecular flexibility index (Phi) is 5.04. The summed E-state index contributed by atoms with van der Waals surface area (Å²) in [6.07, 6.45) is 0. The van der Waals surface area contributed by atoms with E-state index in [1.165, 1.54) is 12.0 Å². The molecule has 0 saturated carbocycles. The maximum atomic E-state index is 12.6. The van der Waals surface area contributed by atoms with E-state index in [-0.39, 0.29) is 24.5 Å². The van der Waals surface area contributed by atoms with E-state index in [0.29, 0.717) is 16.9 Å². The number of ether oxygens (including phenoxy) is 1. The van der Waals surface area contributed by atoms with Crippen LogP contribution in [0.4, 0.5) is 0 Å². The molecule has 1 aliphatic rings. The molecule has 1 atom stereocenters. The molecule has 134 valence electrons. The van der Waals surface area contributed by atoms with E-state index < -0.39 is 17.7 Å². The molecule has 3 rings (SSSR count). The maximum absolute atomic E-state index is 12.6. The van der Waals surface area contributed by atoms with Crippen LogP contribution in [0.2, 0.25) is 0 Å². The third-order valence-corrected chi connectivity index (χ3v) is 4.36. The molecule has 6 heteroatoms. The third-order valence-electron chi connectivity index (χ3n) is 4.36. The molecule has 6 nitrogen and oxygen atoms in total. The summed E-state index contributed by atoms with van der Waals surface area (Å²) in [4.78, 5) is 26.3. The van der Waals surface area contributed by atoms with Crippen molar-refractivity contribution in [2.24, 2.45) is 0 Å². The summed E-state index contributed by atoms with van der Waals surface area (Å²) >= 11 is 0. The average molecular weight is 353 g/mol. The SMILES string of the molecule is COc1ccc(/C(O)=C2\C(=O)C(=O)N(CCO)[C@@H]2c2ccccc2)cc1. The first-order valence-electron chi connectivity index (χ1n) is 8.17. The van der Waals surface area contributed by atoms with Gasteiger partial charge in [-0.1, -0.05) is 30.3 Å². The van der Waals surface area contributed by atoms with Crippen LogP contribution < -0.4 is 4.74 Å². The topological polar surface area (TPSA) is 87.1 Å². The van der Waals surface area contributed by atoms with Crippen LogP contribution >= 0.6 is 0 Å². The van der Waals surface area contributed by atoms with Crippen molar-refractivity contribution in [1.82, 2.24) is 4.90 Å². The Morgan fingerprint density at radius 3 is 2.31 bits per heavy atom. The zero-order valence-electron chi connectivity index (χ0n) is 14.3. The van der Waals surface area contributed by atoms with Crippen molar-refractivity contribution < 1.29 is 24.5 Å². The number of likely N-dealkylation sites (tertiary alicyclic amines) is 1. The van der Waals surface area contributed by atoms with Gasteiger partial charge in [-0.3, -0.25) is 9.59 Å². The van der Waals surface area contributed by atoms with Crippen molar-refractivity contribution in [3.63, 3.8) is 0 Å². The monoisotopic (exact) mass is 353 g/mol. The summed E-state index contributed by atoms with van der Waals surface area (Å²) < 4.78 is 5.10. The number of methoxy groups -OCH3 is 1. The maximum Gasteiger partial charge on any atom is 0.295 e. The van der Waals surface area contributed by atoms with Gasteiger partial charge in [0, 0.05) is 12.1 Å². The number of ketones is 1. The number of Topliss-reactive ketones (excluding diaryl/α,β-unsaturated/α-hetero) is 1. The van der Waals surface area contributed by atoms with Gasteiger partial charge in [0.1, 0.15) is 11.5 Å². The largest absolute Gasteiger partial charge is 0.507 e. The normalized spacial score (nSPS) is 19.0. The Balaban J connectivity index is 2.14. The Bertz CT molecular complexity index is 842. The number of carbonyl (C=O) groups excluding carboxylic acids is 2. The molecule has 2 N–H and O–H groups in total. The molecule has 0 unspecified atom stereocenters. The van der Waals surface area contributed by atoms with Crippen molar-refractivity contribution in [2.45, 2.75) is 6.04 Å². The predicted octanol–water partition coefficient (Wildman–Crippen LogP) is 2.11. The first kappa shape index (κ1) is 17.7. The van der Waals surface area contributed by atoms with E-state index in [1.807, 2.05) is 6.07 Å². The summed E-state index contributed by atoms with van der Waals surface area (Å²) in [6.45, 7) is -0.275. The predicted molar refractivity (Wildman–Crippen MR) is 95.5 cm³/mol. The number of aliphatic hydroxyl groups excluding tert-OH is 2. The number of carbonyl (C=O) groups is 2. The van der Waals surface area contributed by atoms with Gasteiger partial charge in [-0.05, 0) is 29.8 Å². The third kappa shape index (κ3) is 3.07. The number of rotatable bonds is 5. The van der Waals surface area contributed by atoms with Crippen LogP contribution in [0, 0.1) is 0 Å². The highest BCUT2D eigenvalue weighted by Gasteiger charge is 2.45. The number of hydrogen-bond donors (Lipinski definition) is 2. The Morgan fingerprint density at radius 2 is 1.73 bits per heavy atom. The second-order valence-corrected chi connectivity index (χ2v) is 5.86. The molecule has 0 bridgehead atoms. The second-order valence-electron chi connectivity index (χ2n) is 5.86. The molecule has 0 radical (unpaired) electrons. The van der Waals surface area contributed by atoms with Crippen LogP contribution in [0.25, 0.3) is 5.76 Å². The molecule has 0 aromatic heterocycles. The van der Waals surface area contributed by atoms with Gasteiger partial charge in [0.2, 0.25) is 0 Å². The number of β-amino-alcohol motifs (C(OH)–C–C–N with tert-alkyl or cyclic N) is 1. The van der Waals surface area contributed by atoms with E-state index in [4.69, 9.17) is 4.74 Å². The molecule has 0 aliphatic carbocycles. The fourth-order valence-corrected chi connectivity index (χ4v) is 3.10. The van der Waals surface area contributed by atoms with Gasteiger partial charge in [-0.15, -0.1) is 0 Å². The summed E-state index contributed by atoms with van der Waals surface area (Å²) in [6, 6.07) is 14.8. The van der Waals surface area contributed by atoms with Gasteiger partial charge in [-0.25, -0.2) is 0 Å². The van der Waals surface area contributed by atoms with Crippen molar-refractivity contribution in [2.75, 3.05) is 20.3 Å². The summed E-state index contributed by atoms with van der Waals surface area (Å²) in [5, 5.41) is 20.1. The molecule has 1 heterocycles. The van der Waals surface area contributed by atoms with Crippen LogP contribution in [-0.4, -0.2) is 47.1 Å². The van der Waals surface area contributed by atoms with E-state index in [0.717, 1.165) is 0 Å². The smallest absolute Gasteiger partial charge is 0.295 e. The Morgan fingerprint density at radius 1 is 1.08 bits per heavy atom. The van der Waals surface area contributed by atoms with E-state index in [9.17, 15) is 19.8 Å². The quantitative estimate of drug-likeness (QED) is 0.488. The van der Waals surface area contributed by atoms with Crippen LogP contribution in [0.1, 0.15) is 17.2 Å². The number of amides is 1. The first-order chi connectivity index (χ1) is 12.6. The minimum Gasteiger partial charge on any atom is -0.507 e. The highest BCUT2D eigenvalue weighted by atomic mass is 16.5. The van der Waals surface area contributed by atoms with Gasteiger partial charge in [0.25, 0.3) is 11.7 Å². The zero-order valence-corrected chi connectivity index (χ0v) is 14.3. The Labute approximate surface area is 150 Å². The van der Waals surface area contributed by atoms with Gasteiger partial charge < -0.3 is 19.8 Å². The average Bonchev–Trinajstić information content (AvgIpc) is 2.93. The van der Waals surface area contributed by atoms with E-state index in [2.05, 4.69) is 0 Å². The highest BCUT2D eigenvalue weighted by molar-refractivity contribution is 6.46. The summed E-state index contributed by atoms with van der Waals surface area (Å²) in [5.74, 6) is -1.13. The van der Waals surface area contributed by atoms with Gasteiger partial charge in [0.15, 0.2) is 0 Å². The van der Waals surface area contributed by atoms with E-state index in [1.54, 1.807) is 48.5 Å². The van der Waals surface area contributed by atoms with Crippen LogP contribution in [0.5, 0.6) is 5.75 Å². The van der Waals surface area contributed by atoms with Crippen LogP contribution in [-0.2, 0) is 9.59 Å². The van der Waals surface area contributed by atoms with Crippen molar-refractivity contribution >= 4 is 17.4 Å². The minimum absolute atomic E-state index is 0.00350. The number of nitrogens with zero attached hydrogens (tertiary/aromatic N) is 1. The lowest BCUT2D eigenvalue weighted by Crippen LogP contribution is -2.32. The Hall–Kier alpha value is -3.12. The van der Waals surface area contributed by atoms with Crippen molar-refractivity contribution in [3.05, 3.63) is 71.3 Å². The van der Waals surface area contributed by atoms with Crippen LogP contribution in [0.3, 0.4) is 0 Å². The molecule has 2 aromatic rings. The van der Waals surface area contributed by atoms with Gasteiger partial charge >= 0.3 is 0 Å². The van der Waals surface area contributed by atoms with E-state index >= 15 is 0 Å². The lowest BCUT2D eigenvalue weighted by atomic mass is 9.95. The number of benzene rings is 2. The van der Waals surface area contributed by atoms with Crippen molar-refractivity contribution in [3.8, 4) is 5.75 Å². The molecular weight excluding hydrogens is 334 g/mol. The standard InChI is InChI=1S/C20H19NO5/c1-26-15-9-7-14(8-10-15)18(23)16-17(13-5-3-2-4-6-13)21(11-12-22)20(25)19(16)24/h2-10,17,22-23H,11-12H2,1H3/b18-16+/t17-/m1/s1. The first-order valence-corrected chi connectivity index (χ1v) is 8.17. The zero-order chi connectivity index (χ0) is 18.7. The lowest BCUT2D eigenvalue weighted by molar-refractivity contribution is -0.140. The van der Waals surface area contributed by atoms with Gasteiger partial charge in [0.05, 0.1) is 25.3 Å². The molecule has 1 aliphatic heterocycles. The minimum atomic E-state index is -0.763.